The molecule has 0 saturated carbocycles. The molecule has 29 heavy (non-hydrogen) atoms. The first-order valence-electron chi connectivity index (χ1n) is 9.06. The van der Waals surface area contributed by atoms with Gasteiger partial charge in [-0.15, -0.1) is 0 Å². The number of hydrogen-bond acceptors (Lipinski definition) is 10. The van der Waals surface area contributed by atoms with Gasteiger partial charge in [0.2, 0.25) is 0 Å². The Morgan fingerprint density at radius 1 is 1.07 bits per heavy atom. The van der Waals surface area contributed by atoms with Gasteiger partial charge in [-0.05, 0) is 33.2 Å². The Kier molecular flexibility index (Phi) is 7.89. The van der Waals surface area contributed by atoms with Gasteiger partial charge in [0.1, 0.15) is 23.8 Å². The average molecular weight is 415 g/mol. The molecule has 2 saturated heterocycles. The van der Waals surface area contributed by atoms with Crippen LogP contribution in [-0.4, -0.2) is 45.1 Å². The smallest absolute Gasteiger partial charge is 0.183 e. The Hall–Kier alpha value is -3.21. The van der Waals surface area contributed by atoms with Crippen LogP contribution in [0.4, 0.5) is 17.5 Å². The van der Waals surface area contributed by atoms with Crippen LogP contribution in [-0.2, 0) is 0 Å². The highest BCUT2D eigenvalue weighted by Gasteiger charge is 2.27. The van der Waals surface area contributed by atoms with E-state index < -0.39 is 0 Å². The van der Waals surface area contributed by atoms with Gasteiger partial charge in [-0.25, -0.2) is 19.9 Å². The predicted molar refractivity (Wildman–Crippen MR) is 111 cm³/mol. The molecule has 0 aliphatic carbocycles. The first-order chi connectivity index (χ1) is 13.8. The van der Waals surface area contributed by atoms with E-state index in [1.165, 1.54) is 25.4 Å². The molecule has 2 aromatic heterocycles. The lowest BCUT2D eigenvalue weighted by molar-refractivity contribution is 0.399. The Balaban J connectivity index is 0.000000173. The molecule has 0 amide bonds. The second-order valence-corrected chi connectivity index (χ2v) is 6.96. The molecule has 5 N–H and O–H groups in total. The maximum absolute atomic E-state index is 8.84. The van der Waals surface area contributed by atoms with Crippen molar-refractivity contribution in [1.82, 2.24) is 25.3 Å². The lowest BCUT2D eigenvalue weighted by Gasteiger charge is -2.39. The van der Waals surface area contributed by atoms with Crippen molar-refractivity contribution in [2.45, 2.75) is 38.8 Å². The summed E-state index contributed by atoms with van der Waals surface area (Å²) in [4.78, 5) is 17.3. The van der Waals surface area contributed by atoms with Gasteiger partial charge in [0.05, 0.1) is 12.4 Å². The highest BCUT2D eigenvalue weighted by Crippen LogP contribution is 2.26. The van der Waals surface area contributed by atoms with Crippen molar-refractivity contribution >= 4 is 29.1 Å². The molecule has 2 aromatic rings. The van der Waals surface area contributed by atoms with Crippen LogP contribution in [0.3, 0.4) is 0 Å². The molecule has 10 nitrogen and oxygen atoms in total. The molecular weight excluding hydrogens is 392 g/mol. The third kappa shape index (κ3) is 6.14. The molecule has 0 spiro atoms. The van der Waals surface area contributed by atoms with Crippen LogP contribution in [0.2, 0.25) is 5.15 Å². The fourth-order valence-electron chi connectivity index (χ4n) is 2.39. The van der Waals surface area contributed by atoms with Crippen molar-refractivity contribution < 1.29 is 0 Å². The molecule has 4 heterocycles. The van der Waals surface area contributed by atoms with E-state index in [-0.39, 0.29) is 16.7 Å². The van der Waals surface area contributed by atoms with Crippen molar-refractivity contribution in [2.75, 3.05) is 29.5 Å². The molecule has 2 fully saturated rings. The third-order valence-corrected chi connectivity index (χ3v) is 4.66. The summed E-state index contributed by atoms with van der Waals surface area (Å²) in [6.45, 7) is 6.45. The summed E-state index contributed by atoms with van der Waals surface area (Å²) in [6.07, 6.45) is 5.19. The van der Waals surface area contributed by atoms with E-state index >= 15 is 0 Å². The Morgan fingerprint density at radius 2 is 1.62 bits per heavy atom. The van der Waals surface area contributed by atoms with Gasteiger partial charge in [0.25, 0.3) is 0 Å². The summed E-state index contributed by atoms with van der Waals surface area (Å²) in [6, 6.07) is 5.03. The van der Waals surface area contributed by atoms with Gasteiger partial charge in [-0.1, -0.05) is 11.6 Å². The zero-order valence-corrected chi connectivity index (χ0v) is 17.1. The average Bonchev–Trinajstić information content (AvgIpc) is 2.66. The predicted octanol–water partition coefficient (Wildman–Crippen LogP) is 1.48. The van der Waals surface area contributed by atoms with E-state index in [1.54, 1.807) is 6.07 Å². The van der Waals surface area contributed by atoms with Crippen LogP contribution >= 0.6 is 11.6 Å². The van der Waals surface area contributed by atoms with Crippen LogP contribution in [0.25, 0.3) is 0 Å². The molecule has 0 bridgehead atoms. The number of anilines is 3. The number of hydrogen-bond donors (Lipinski definition) is 3. The molecule has 2 atom stereocenters. The van der Waals surface area contributed by atoms with Crippen LogP contribution < -0.4 is 21.7 Å². The number of aromatic nitrogens is 4. The topological polar surface area (TPSA) is 166 Å². The molecule has 2 aliphatic heterocycles. The fraction of sp³-hybridized carbons (Fsp3) is 0.444. The quantitative estimate of drug-likeness (QED) is 0.621. The Bertz CT molecular complexity index is 916. The maximum atomic E-state index is 8.84. The number of nitriles is 2. The van der Waals surface area contributed by atoms with Gasteiger partial charge in [-0.3, -0.25) is 0 Å². The number of nitrogens with two attached hydrogens (primary N) is 2. The summed E-state index contributed by atoms with van der Waals surface area (Å²) in [7, 11) is 0. The Labute approximate surface area is 174 Å². The summed E-state index contributed by atoms with van der Waals surface area (Å²) in [5.74, 6) is 1.19. The molecule has 2 aliphatic rings. The standard InChI is InChI=1S/C9H11N5.C5H3ClN4.C4H9N/c1-6-2-3-14(6)9-7(4-10)12-5-8(11)13-9;6-5-3(1-7)9-2-4(8)10-5;1-4-2-3-5-4/h5-6H,2-3H2,1H3,(H2,11,13);2H,(H2,8,10);4-5H,2-3H2,1H3/t6-;;4-/m0.0/s1. The number of nitrogens with one attached hydrogen (secondary N) is 1. The van der Waals surface area contributed by atoms with E-state index in [1.807, 2.05) is 11.0 Å². The van der Waals surface area contributed by atoms with Crippen molar-refractivity contribution in [2.24, 2.45) is 0 Å². The second-order valence-electron chi connectivity index (χ2n) is 6.60. The molecule has 4 rings (SSSR count). The summed E-state index contributed by atoms with van der Waals surface area (Å²) in [5, 5.41) is 20.4. The normalized spacial score (nSPS) is 19.0. The monoisotopic (exact) mass is 414 g/mol. The van der Waals surface area contributed by atoms with E-state index in [0.29, 0.717) is 23.4 Å². The highest BCUT2D eigenvalue weighted by atomic mass is 35.5. The minimum atomic E-state index is 0.0440. The number of halogens is 1. The van der Waals surface area contributed by atoms with Gasteiger partial charge in [0.15, 0.2) is 22.4 Å². The number of nitrogen functional groups attached to an aromatic ring is 2. The van der Waals surface area contributed by atoms with Crippen molar-refractivity contribution in [3.63, 3.8) is 0 Å². The van der Waals surface area contributed by atoms with Crippen LogP contribution in [0, 0.1) is 22.7 Å². The van der Waals surface area contributed by atoms with E-state index in [4.69, 9.17) is 33.6 Å². The lowest BCUT2D eigenvalue weighted by atomic mass is 10.1. The zero-order chi connectivity index (χ0) is 21.4. The van der Waals surface area contributed by atoms with Gasteiger partial charge < -0.3 is 21.7 Å². The Morgan fingerprint density at radius 3 is 2.00 bits per heavy atom. The summed E-state index contributed by atoms with van der Waals surface area (Å²) >= 11 is 5.45. The van der Waals surface area contributed by atoms with Gasteiger partial charge in [0, 0.05) is 18.6 Å². The zero-order valence-electron chi connectivity index (χ0n) is 16.3. The lowest BCUT2D eigenvalue weighted by Crippen LogP contribution is -2.46. The summed E-state index contributed by atoms with van der Waals surface area (Å²) < 4.78 is 0. The molecular formula is C18H23ClN10. The largest absolute Gasteiger partial charge is 0.382 e. The first-order valence-corrected chi connectivity index (χ1v) is 9.44. The summed E-state index contributed by atoms with van der Waals surface area (Å²) in [5.41, 5.74) is 11.2. The maximum Gasteiger partial charge on any atom is 0.183 e. The second kappa shape index (κ2) is 10.4. The molecule has 0 unspecified atom stereocenters. The fourth-order valence-corrected chi connectivity index (χ4v) is 2.58. The van der Waals surface area contributed by atoms with E-state index in [0.717, 1.165) is 19.0 Å². The molecule has 11 heteroatoms. The van der Waals surface area contributed by atoms with Crippen LogP contribution in [0.1, 0.15) is 38.1 Å². The number of nitrogens with zero attached hydrogens (tertiary/aromatic N) is 7. The van der Waals surface area contributed by atoms with E-state index in [9.17, 15) is 0 Å². The van der Waals surface area contributed by atoms with E-state index in [2.05, 4.69) is 39.1 Å². The first kappa shape index (κ1) is 22.1. The van der Waals surface area contributed by atoms with Crippen molar-refractivity contribution in [3.05, 3.63) is 28.9 Å². The molecule has 0 aromatic carbocycles. The van der Waals surface area contributed by atoms with Gasteiger partial charge >= 0.3 is 0 Å². The minimum Gasteiger partial charge on any atom is -0.382 e. The SMILES string of the molecule is C[C@H]1CCN1.C[C@H]1CCN1c1nc(N)cnc1C#N.N#Cc1ncc(N)nc1Cl. The van der Waals surface area contributed by atoms with Crippen LogP contribution in [0.15, 0.2) is 12.4 Å². The van der Waals surface area contributed by atoms with Crippen molar-refractivity contribution in [1.29, 1.82) is 10.5 Å². The van der Waals surface area contributed by atoms with Gasteiger partial charge in [-0.2, -0.15) is 10.5 Å². The molecule has 152 valence electrons. The van der Waals surface area contributed by atoms with Crippen molar-refractivity contribution in [3.8, 4) is 12.1 Å². The van der Waals surface area contributed by atoms with Crippen LogP contribution in [0.5, 0.6) is 0 Å². The third-order valence-electron chi connectivity index (χ3n) is 4.40. The minimum absolute atomic E-state index is 0.0440. The number of rotatable bonds is 1. The highest BCUT2D eigenvalue weighted by molar-refractivity contribution is 6.30. The molecule has 0 radical (unpaired) electrons.